The zero-order valence-electron chi connectivity index (χ0n) is 22.7. The minimum Gasteiger partial charge on any atom is -0.481 e. The Kier molecular flexibility index (Phi) is 6.29. The average Bonchev–Trinajstić information content (AvgIpc) is 2.74. The third-order valence-electron chi connectivity index (χ3n) is 11.7. The lowest BCUT2D eigenvalue weighted by Gasteiger charge is -2.64. The molecule has 0 radical (unpaired) electrons. The Bertz CT molecular complexity index is 964. The Labute approximate surface area is 211 Å². The van der Waals surface area contributed by atoms with Gasteiger partial charge in [-0.2, -0.15) is 0 Å². The summed E-state index contributed by atoms with van der Waals surface area (Å²) in [5.74, 6) is -0.314. The third-order valence-corrected chi connectivity index (χ3v) is 11.7. The van der Waals surface area contributed by atoms with E-state index < -0.39 is 34.4 Å². The quantitative estimate of drug-likeness (QED) is 0.484. The number of carbonyl (C=O) groups is 2. The van der Waals surface area contributed by atoms with Crippen LogP contribution in [0.3, 0.4) is 0 Å². The molecule has 4 aliphatic rings. The van der Waals surface area contributed by atoms with Crippen molar-refractivity contribution >= 4 is 11.8 Å². The van der Waals surface area contributed by atoms with E-state index in [2.05, 4.69) is 52.8 Å². The molecule has 0 aromatic carbocycles. The number of hydrogen-bond acceptors (Lipinski definition) is 4. The first kappa shape index (κ1) is 26.6. The fourth-order valence-electron chi connectivity index (χ4n) is 9.41. The van der Waals surface area contributed by atoms with Crippen LogP contribution in [0.2, 0.25) is 0 Å². The van der Waals surface area contributed by atoms with Crippen molar-refractivity contribution in [3.63, 3.8) is 0 Å². The molecule has 196 valence electrons. The van der Waals surface area contributed by atoms with Crippen LogP contribution in [0.25, 0.3) is 0 Å². The molecule has 0 aromatic heterocycles. The highest BCUT2D eigenvalue weighted by molar-refractivity contribution is 5.83. The van der Waals surface area contributed by atoms with Gasteiger partial charge in [-0.25, -0.2) is 0 Å². The molecule has 9 atom stereocenters. The first-order chi connectivity index (χ1) is 16.0. The smallest absolute Gasteiger partial charge is 0.309 e. The van der Waals surface area contributed by atoms with Gasteiger partial charge < -0.3 is 15.3 Å². The van der Waals surface area contributed by atoms with Crippen LogP contribution < -0.4 is 0 Å². The molecule has 5 nitrogen and oxygen atoms in total. The summed E-state index contributed by atoms with van der Waals surface area (Å²) in [5.41, 5.74) is -1.08. The Morgan fingerprint density at radius 3 is 2.31 bits per heavy atom. The zero-order valence-corrected chi connectivity index (χ0v) is 22.7. The molecule has 0 unspecified atom stereocenters. The molecule has 3 N–H and O–H groups in total. The van der Waals surface area contributed by atoms with E-state index in [-0.39, 0.29) is 34.4 Å². The van der Waals surface area contributed by atoms with Crippen LogP contribution in [-0.4, -0.2) is 39.3 Å². The molecule has 5 heteroatoms. The normalized spacial score (nSPS) is 48.9. The van der Waals surface area contributed by atoms with E-state index in [0.717, 1.165) is 31.3 Å². The van der Waals surface area contributed by atoms with Gasteiger partial charge in [0.2, 0.25) is 0 Å². The van der Waals surface area contributed by atoms with Crippen LogP contribution in [0.5, 0.6) is 0 Å². The second kappa shape index (κ2) is 8.28. The van der Waals surface area contributed by atoms with Crippen LogP contribution in [0.1, 0.15) is 93.4 Å². The topological polar surface area (TPSA) is 94.8 Å². The molecule has 0 spiro atoms. The van der Waals surface area contributed by atoms with E-state index >= 15 is 0 Å². The fourth-order valence-corrected chi connectivity index (χ4v) is 9.41. The molecule has 4 rings (SSSR count). The number of fused-ring (bicyclic) bond motifs is 2. The molecule has 3 saturated carbocycles. The van der Waals surface area contributed by atoms with Crippen molar-refractivity contribution in [3.05, 3.63) is 23.8 Å². The molecule has 0 aliphatic heterocycles. The predicted molar refractivity (Wildman–Crippen MR) is 137 cm³/mol. The summed E-state index contributed by atoms with van der Waals surface area (Å²) in [6.45, 7) is 14.3. The molecule has 4 aliphatic carbocycles. The lowest BCUT2D eigenvalue weighted by molar-refractivity contribution is -0.209. The van der Waals surface area contributed by atoms with Gasteiger partial charge in [0.05, 0.1) is 17.6 Å². The van der Waals surface area contributed by atoms with Gasteiger partial charge in [0.15, 0.2) is 0 Å². The largest absolute Gasteiger partial charge is 0.481 e. The van der Waals surface area contributed by atoms with E-state index in [4.69, 9.17) is 0 Å². The van der Waals surface area contributed by atoms with Gasteiger partial charge in [-0.1, -0.05) is 64.8 Å². The third kappa shape index (κ3) is 3.70. The summed E-state index contributed by atoms with van der Waals surface area (Å²) in [7, 11) is 0. The Morgan fingerprint density at radius 1 is 1.06 bits per heavy atom. The first-order valence-corrected chi connectivity index (χ1v) is 13.6. The summed E-state index contributed by atoms with van der Waals surface area (Å²) >= 11 is 0. The van der Waals surface area contributed by atoms with Crippen LogP contribution >= 0.6 is 0 Å². The lowest BCUT2D eigenvalue weighted by Crippen LogP contribution is -2.63. The van der Waals surface area contributed by atoms with Crippen LogP contribution in [-0.2, 0) is 9.59 Å². The van der Waals surface area contributed by atoms with E-state index in [0.29, 0.717) is 19.3 Å². The number of aliphatic hydroxyl groups excluding tert-OH is 2. The molecular weight excluding hydrogens is 440 g/mol. The minimum atomic E-state index is -0.791. The number of rotatable bonds is 4. The Hall–Kier alpha value is -1.46. The number of carbonyl (C=O) groups excluding carboxylic acids is 1. The Balaban J connectivity index is 1.69. The van der Waals surface area contributed by atoms with Crippen molar-refractivity contribution in [1.29, 1.82) is 0 Å². The molecule has 0 amide bonds. The van der Waals surface area contributed by atoms with Gasteiger partial charge in [0.1, 0.15) is 5.78 Å². The zero-order chi connectivity index (χ0) is 26.2. The number of aliphatic carboxylic acids is 1. The van der Waals surface area contributed by atoms with Crippen molar-refractivity contribution in [2.45, 2.75) is 106 Å². The van der Waals surface area contributed by atoms with Crippen molar-refractivity contribution < 1.29 is 24.9 Å². The number of carboxylic acids is 1. The first-order valence-electron chi connectivity index (χ1n) is 13.6. The van der Waals surface area contributed by atoms with Gasteiger partial charge in [-0.05, 0) is 80.5 Å². The van der Waals surface area contributed by atoms with Crippen molar-refractivity contribution in [1.82, 2.24) is 0 Å². The van der Waals surface area contributed by atoms with Crippen LogP contribution in [0.4, 0.5) is 0 Å². The highest BCUT2D eigenvalue weighted by Crippen LogP contribution is 2.66. The van der Waals surface area contributed by atoms with Crippen LogP contribution in [0, 0.1) is 44.8 Å². The predicted octanol–water partition coefficient (Wildman–Crippen LogP) is 5.55. The summed E-state index contributed by atoms with van der Waals surface area (Å²) in [4.78, 5) is 25.6. The SMILES string of the molecule is CC(=O)[C@]1(CC2=C[C@@]3(C)CCC[C@@](C)(C(=O)O)[C@H]3C=C2)CC[C@H]2C(C)(C)[C@@H](O)[C@H](O)C[C@]2(C)[C@H]1C. The summed E-state index contributed by atoms with van der Waals surface area (Å²) in [5, 5.41) is 31.6. The van der Waals surface area contributed by atoms with Gasteiger partial charge in [0.25, 0.3) is 0 Å². The summed E-state index contributed by atoms with van der Waals surface area (Å²) in [6.07, 6.45) is 10.2. The summed E-state index contributed by atoms with van der Waals surface area (Å²) < 4.78 is 0. The molecule has 0 bridgehead atoms. The van der Waals surface area contributed by atoms with Gasteiger partial charge in [0, 0.05) is 11.3 Å². The molecule has 0 aromatic rings. The maximum Gasteiger partial charge on any atom is 0.309 e. The second-order valence-corrected chi connectivity index (χ2v) is 13.9. The molecule has 3 fully saturated rings. The Morgan fingerprint density at radius 2 is 1.71 bits per heavy atom. The van der Waals surface area contributed by atoms with Gasteiger partial charge in [-0.3, -0.25) is 9.59 Å². The van der Waals surface area contributed by atoms with Crippen molar-refractivity contribution in [3.8, 4) is 0 Å². The maximum absolute atomic E-state index is 13.4. The van der Waals surface area contributed by atoms with Gasteiger partial charge in [-0.15, -0.1) is 0 Å². The maximum atomic E-state index is 13.4. The molecule has 0 heterocycles. The van der Waals surface area contributed by atoms with Crippen LogP contribution in [0.15, 0.2) is 23.8 Å². The molecule has 0 saturated heterocycles. The number of hydrogen-bond donors (Lipinski definition) is 3. The highest BCUT2D eigenvalue weighted by atomic mass is 16.4. The van der Waals surface area contributed by atoms with E-state index in [1.54, 1.807) is 6.92 Å². The number of allylic oxidation sites excluding steroid dienone is 4. The van der Waals surface area contributed by atoms with E-state index in [9.17, 15) is 24.9 Å². The van der Waals surface area contributed by atoms with E-state index in [1.807, 2.05) is 6.92 Å². The average molecular weight is 487 g/mol. The number of carboxylic acid groups (broad SMARTS) is 1. The second-order valence-electron chi connectivity index (χ2n) is 13.9. The number of ketones is 1. The monoisotopic (exact) mass is 486 g/mol. The van der Waals surface area contributed by atoms with E-state index in [1.165, 1.54) is 0 Å². The number of aliphatic hydroxyl groups is 2. The highest BCUT2D eigenvalue weighted by Gasteiger charge is 2.63. The number of Topliss-reactive ketones (excluding diaryl/α,β-unsaturated/α-hetero) is 1. The van der Waals surface area contributed by atoms with Crippen molar-refractivity contribution in [2.24, 2.45) is 44.8 Å². The summed E-state index contributed by atoms with van der Waals surface area (Å²) in [6, 6.07) is 0. The fraction of sp³-hybridized carbons (Fsp3) is 0.800. The molecular formula is C30H46O5. The molecule has 35 heavy (non-hydrogen) atoms. The lowest BCUT2D eigenvalue weighted by atomic mass is 9.41. The van der Waals surface area contributed by atoms with Gasteiger partial charge >= 0.3 is 5.97 Å². The minimum absolute atomic E-state index is 0.0446. The standard InChI is InChI=1S/C30H46O5/c1-18-29(7)17-21(32)24(33)26(3,4)22(29)11-14-30(18,19(2)31)16-20-9-10-23-27(5,15-20)12-8-13-28(23,6)25(34)35/h9-10,15,18,21-24,32-33H,8,11-14,16-17H2,1-7H3,(H,34,35)/t18-,21-,22+,23+,24+,27-,28-,29-,30+/m1/s1. The van der Waals surface area contributed by atoms with Crippen molar-refractivity contribution in [2.75, 3.05) is 0 Å².